The number of amides is 1. The second kappa shape index (κ2) is 15.4. The van der Waals surface area contributed by atoms with Crippen LogP contribution in [0.5, 0.6) is 11.5 Å². The Hall–Kier alpha value is -3.16. The van der Waals surface area contributed by atoms with Crippen molar-refractivity contribution in [2.45, 2.75) is 81.6 Å². The standard InChI is InChI=1S/C30H36ClN2O15P/c1-13(29(39)32-20-21(34)23(36)28-27(22(20)35)43-12-44-28)8-15-6-7-18(19(10-15)48-49(40,41)42)46-30-25(38)24(37)26(47-30)14(2)33-45-11-16-4-3-5-17(31)9-16/h3-10,20-28,30,34-38H,11-12H2,1-2H3,(H,32,39)(H2,40,41,42). The van der Waals surface area contributed by atoms with Gasteiger partial charge >= 0.3 is 7.82 Å². The number of ether oxygens (including phenoxy) is 4. The SMILES string of the molecule is CC(=Cc1ccc(OC2OC(C(C)=NOCc3cccc(Cl)c3)C(O)C2O)c(OP(=O)(O)O)c1)C(=O)NC1C(O)C(O)C2OCOC2C1O. The Morgan fingerprint density at radius 1 is 0.980 bits per heavy atom. The van der Waals surface area contributed by atoms with Crippen LogP contribution in [0.2, 0.25) is 5.02 Å². The first-order valence-electron chi connectivity index (χ1n) is 14.9. The summed E-state index contributed by atoms with van der Waals surface area (Å²) in [5, 5.41) is 59.7. The average Bonchev–Trinajstić information content (AvgIpc) is 3.64. The van der Waals surface area contributed by atoms with Gasteiger partial charge in [-0.1, -0.05) is 35.0 Å². The van der Waals surface area contributed by atoms with E-state index < -0.39 is 80.6 Å². The molecule has 49 heavy (non-hydrogen) atoms. The number of benzene rings is 2. The fourth-order valence-corrected chi connectivity index (χ4v) is 6.16. The highest BCUT2D eigenvalue weighted by Gasteiger charge is 2.53. The van der Waals surface area contributed by atoms with Gasteiger partial charge in [-0.25, -0.2) is 4.57 Å². The fraction of sp³-hybridized carbons (Fsp3) is 0.467. The molecule has 2 aromatic carbocycles. The number of phosphoric acid groups is 1. The molecule has 0 aromatic heterocycles. The first-order chi connectivity index (χ1) is 23.1. The van der Waals surface area contributed by atoms with E-state index in [-0.39, 0.29) is 36.0 Å². The zero-order chi connectivity index (χ0) is 35.6. The van der Waals surface area contributed by atoms with Crippen molar-refractivity contribution in [2.75, 3.05) is 6.79 Å². The van der Waals surface area contributed by atoms with Gasteiger partial charge in [0.15, 0.2) is 11.5 Å². The maximum Gasteiger partial charge on any atom is 0.524 e. The summed E-state index contributed by atoms with van der Waals surface area (Å²) in [6.07, 6.45) is -10.9. The van der Waals surface area contributed by atoms with Crippen molar-refractivity contribution in [2.24, 2.45) is 5.16 Å². The van der Waals surface area contributed by atoms with E-state index in [1.165, 1.54) is 32.1 Å². The highest BCUT2D eigenvalue weighted by atomic mass is 35.5. The Labute approximate surface area is 284 Å². The third kappa shape index (κ3) is 8.78. The lowest BCUT2D eigenvalue weighted by atomic mass is 9.83. The maximum atomic E-state index is 13.0. The Morgan fingerprint density at radius 2 is 1.69 bits per heavy atom. The highest BCUT2D eigenvalue weighted by molar-refractivity contribution is 7.46. The molecule has 1 amide bonds. The first-order valence-corrected chi connectivity index (χ1v) is 16.8. The molecule has 17 nitrogen and oxygen atoms in total. The molecule has 2 saturated heterocycles. The van der Waals surface area contributed by atoms with Crippen LogP contribution in [0.3, 0.4) is 0 Å². The predicted octanol–water partition coefficient (Wildman–Crippen LogP) is -0.0444. The summed E-state index contributed by atoms with van der Waals surface area (Å²) in [5.74, 6) is -1.53. The molecule has 8 N–H and O–H groups in total. The summed E-state index contributed by atoms with van der Waals surface area (Å²) in [6, 6.07) is 9.36. The van der Waals surface area contributed by atoms with E-state index >= 15 is 0 Å². The summed E-state index contributed by atoms with van der Waals surface area (Å²) in [6.45, 7) is 2.75. The molecule has 2 heterocycles. The number of carbonyl (C=O) groups is 1. The number of hydrogen-bond acceptors (Lipinski definition) is 14. The molecule has 10 unspecified atom stereocenters. The Balaban J connectivity index is 1.27. The minimum absolute atomic E-state index is 0.0308. The van der Waals surface area contributed by atoms with Crippen LogP contribution in [0.4, 0.5) is 0 Å². The van der Waals surface area contributed by atoms with E-state index in [1.54, 1.807) is 24.3 Å². The Bertz CT molecular complexity index is 1620. The summed E-state index contributed by atoms with van der Waals surface area (Å²) >= 11 is 5.97. The molecule has 5 rings (SSSR count). The van der Waals surface area contributed by atoms with Crippen molar-refractivity contribution in [1.29, 1.82) is 0 Å². The summed E-state index contributed by atoms with van der Waals surface area (Å²) < 4.78 is 38.4. The van der Waals surface area contributed by atoms with Gasteiger partial charge in [0.2, 0.25) is 12.2 Å². The van der Waals surface area contributed by atoms with Crippen LogP contribution in [0.25, 0.3) is 6.08 Å². The van der Waals surface area contributed by atoms with Crippen molar-refractivity contribution in [3.05, 3.63) is 64.2 Å². The summed E-state index contributed by atoms with van der Waals surface area (Å²) in [5.41, 5.74) is 1.13. The first kappa shape index (κ1) is 37.1. The van der Waals surface area contributed by atoms with Crippen molar-refractivity contribution in [1.82, 2.24) is 5.32 Å². The average molecular weight is 731 g/mol. The van der Waals surface area contributed by atoms with Gasteiger partial charge in [-0.05, 0) is 55.3 Å². The minimum atomic E-state index is -5.16. The normalized spacial score (nSPS) is 32.0. The number of halogens is 1. The summed E-state index contributed by atoms with van der Waals surface area (Å²) in [7, 11) is -5.16. The zero-order valence-electron chi connectivity index (χ0n) is 26.0. The second-order valence-corrected chi connectivity index (χ2v) is 13.2. The highest BCUT2D eigenvalue weighted by Crippen LogP contribution is 2.43. The number of hydrogen-bond donors (Lipinski definition) is 8. The van der Waals surface area contributed by atoms with Crippen molar-refractivity contribution >= 4 is 37.1 Å². The Morgan fingerprint density at radius 3 is 2.39 bits per heavy atom. The molecular formula is C30H36ClN2O15P. The third-order valence-electron chi connectivity index (χ3n) is 8.03. The molecule has 268 valence electrons. The van der Waals surface area contributed by atoms with Crippen molar-refractivity contribution in [3.8, 4) is 11.5 Å². The molecule has 2 aromatic rings. The van der Waals surface area contributed by atoms with Crippen LogP contribution in [0.15, 0.2) is 53.2 Å². The van der Waals surface area contributed by atoms with Crippen LogP contribution in [-0.4, -0.2) is 115 Å². The zero-order valence-corrected chi connectivity index (χ0v) is 27.6. The van der Waals surface area contributed by atoms with Gasteiger partial charge in [0.1, 0.15) is 62.2 Å². The van der Waals surface area contributed by atoms with Gasteiger partial charge in [-0.3, -0.25) is 14.6 Å². The lowest BCUT2D eigenvalue weighted by molar-refractivity contribution is -0.155. The van der Waals surface area contributed by atoms with Crippen LogP contribution in [0.1, 0.15) is 25.0 Å². The van der Waals surface area contributed by atoms with E-state index in [4.69, 9.17) is 39.9 Å². The molecule has 2 aliphatic heterocycles. The second-order valence-electron chi connectivity index (χ2n) is 11.6. The fourth-order valence-electron chi connectivity index (χ4n) is 5.55. The topological polar surface area (TPSA) is 256 Å². The molecule has 0 radical (unpaired) electrons. The maximum absolute atomic E-state index is 13.0. The van der Waals surface area contributed by atoms with Crippen molar-refractivity contribution < 1.29 is 73.0 Å². The smallest absolute Gasteiger partial charge is 0.458 e. The number of phosphoric ester groups is 1. The Kier molecular flexibility index (Phi) is 11.7. The molecular weight excluding hydrogens is 695 g/mol. The van der Waals surface area contributed by atoms with Gasteiger partial charge in [0.05, 0.1) is 11.8 Å². The molecule has 1 saturated carbocycles. The van der Waals surface area contributed by atoms with Gasteiger partial charge in [-0.2, -0.15) is 0 Å². The predicted molar refractivity (Wildman–Crippen MR) is 168 cm³/mol. The van der Waals surface area contributed by atoms with Gasteiger partial charge in [0, 0.05) is 10.6 Å². The van der Waals surface area contributed by atoms with E-state index in [1.807, 2.05) is 0 Å². The van der Waals surface area contributed by atoms with Gasteiger partial charge in [0.25, 0.3) is 0 Å². The van der Waals surface area contributed by atoms with Crippen LogP contribution in [0, 0.1) is 0 Å². The number of nitrogens with one attached hydrogen (secondary N) is 1. The number of rotatable bonds is 11. The lowest BCUT2D eigenvalue weighted by Gasteiger charge is -2.41. The molecule has 10 atom stereocenters. The molecule has 0 spiro atoms. The van der Waals surface area contributed by atoms with E-state index in [2.05, 4.69) is 10.5 Å². The molecule has 3 aliphatic rings. The molecule has 19 heteroatoms. The minimum Gasteiger partial charge on any atom is -0.458 e. The summed E-state index contributed by atoms with van der Waals surface area (Å²) in [4.78, 5) is 37.4. The number of nitrogens with zero attached hydrogens (tertiary/aromatic N) is 1. The largest absolute Gasteiger partial charge is 0.524 e. The number of oxime groups is 1. The number of fused-ring (bicyclic) bond motifs is 1. The number of aliphatic hydroxyl groups excluding tert-OH is 5. The van der Waals surface area contributed by atoms with Gasteiger partial charge < -0.3 is 59.2 Å². The number of carbonyl (C=O) groups excluding carboxylic acids is 1. The quantitative estimate of drug-likeness (QED) is 0.0653. The molecule has 0 bridgehead atoms. The monoisotopic (exact) mass is 730 g/mol. The van der Waals surface area contributed by atoms with Crippen LogP contribution in [-0.2, 0) is 35.0 Å². The van der Waals surface area contributed by atoms with E-state index in [9.17, 15) is 44.7 Å². The van der Waals surface area contributed by atoms with Gasteiger partial charge in [-0.15, -0.1) is 0 Å². The van der Waals surface area contributed by atoms with Crippen LogP contribution >= 0.6 is 19.4 Å². The third-order valence-corrected chi connectivity index (χ3v) is 8.70. The lowest BCUT2D eigenvalue weighted by Crippen LogP contribution is -2.67. The van der Waals surface area contributed by atoms with Crippen LogP contribution < -0.4 is 14.6 Å². The molecule has 3 fully saturated rings. The van der Waals surface area contributed by atoms with E-state index in [0.717, 1.165) is 11.6 Å². The number of aliphatic hydroxyl groups is 5. The molecule has 1 aliphatic carbocycles. The van der Waals surface area contributed by atoms with Crippen molar-refractivity contribution in [3.63, 3.8) is 0 Å². The van der Waals surface area contributed by atoms with E-state index in [0.29, 0.717) is 5.02 Å².